The number of rotatable bonds is 3. The molecule has 2 aliphatic carbocycles. The van der Waals surface area contributed by atoms with Crippen molar-refractivity contribution < 1.29 is 4.79 Å². The maximum atomic E-state index is 12.6. The standard InChI is InChI=1S/C19H25N5O/c25-19(15-3-1-4-15)23-9-2-8-22(11-12-23)18-17-13-16(14-5-6-14)21-24(17)10-7-20-18/h7,10,13-15H,1-6,8-9,11-12H2. The van der Waals surface area contributed by atoms with Crippen LogP contribution >= 0.6 is 0 Å². The number of anilines is 1. The number of hydrogen-bond donors (Lipinski definition) is 0. The number of fused-ring (bicyclic) bond motifs is 1. The van der Waals surface area contributed by atoms with Gasteiger partial charge in [0.2, 0.25) is 5.91 Å². The number of amides is 1. The first-order valence-corrected chi connectivity index (χ1v) is 9.67. The molecule has 2 saturated carbocycles. The lowest BCUT2D eigenvalue weighted by molar-refractivity contribution is -0.137. The van der Waals surface area contributed by atoms with E-state index in [4.69, 9.17) is 5.10 Å². The Kier molecular flexibility index (Phi) is 3.64. The summed E-state index contributed by atoms with van der Waals surface area (Å²) in [6.07, 6.45) is 10.7. The fraction of sp³-hybridized carbons (Fsp3) is 0.632. The van der Waals surface area contributed by atoms with Gasteiger partial charge >= 0.3 is 0 Å². The summed E-state index contributed by atoms with van der Waals surface area (Å²) in [4.78, 5) is 21.6. The van der Waals surface area contributed by atoms with Gasteiger partial charge in [0.15, 0.2) is 5.82 Å². The molecule has 25 heavy (non-hydrogen) atoms. The minimum atomic E-state index is 0.295. The molecule has 0 N–H and O–H groups in total. The van der Waals surface area contributed by atoms with E-state index in [2.05, 4.69) is 20.9 Å². The molecule has 1 saturated heterocycles. The van der Waals surface area contributed by atoms with E-state index in [0.29, 0.717) is 17.7 Å². The first-order valence-electron chi connectivity index (χ1n) is 9.67. The molecule has 0 aromatic carbocycles. The number of nitrogens with zero attached hydrogens (tertiary/aromatic N) is 5. The van der Waals surface area contributed by atoms with Crippen molar-refractivity contribution in [3.05, 3.63) is 24.2 Å². The van der Waals surface area contributed by atoms with Gasteiger partial charge in [-0.25, -0.2) is 9.50 Å². The Balaban J connectivity index is 1.36. The third kappa shape index (κ3) is 2.77. The molecule has 0 atom stereocenters. The first-order chi connectivity index (χ1) is 12.3. The van der Waals surface area contributed by atoms with Gasteiger partial charge in [-0.2, -0.15) is 5.10 Å². The Morgan fingerprint density at radius 2 is 1.92 bits per heavy atom. The molecule has 0 radical (unpaired) electrons. The minimum Gasteiger partial charge on any atom is -0.353 e. The van der Waals surface area contributed by atoms with E-state index >= 15 is 0 Å². The maximum Gasteiger partial charge on any atom is 0.225 e. The normalized spacial score (nSPS) is 22.1. The van der Waals surface area contributed by atoms with Crippen molar-refractivity contribution in [1.29, 1.82) is 0 Å². The predicted molar refractivity (Wildman–Crippen MR) is 95.7 cm³/mol. The molecule has 5 rings (SSSR count). The summed E-state index contributed by atoms with van der Waals surface area (Å²) >= 11 is 0. The van der Waals surface area contributed by atoms with Crippen LogP contribution in [0, 0.1) is 5.92 Å². The van der Waals surface area contributed by atoms with E-state index in [9.17, 15) is 4.79 Å². The van der Waals surface area contributed by atoms with Crippen molar-refractivity contribution in [2.45, 2.75) is 44.4 Å². The van der Waals surface area contributed by atoms with Gasteiger partial charge in [0.05, 0.1) is 5.69 Å². The zero-order valence-corrected chi connectivity index (χ0v) is 14.6. The van der Waals surface area contributed by atoms with Gasteiger partial charge in [-0.15, -0.1) is 0 Å². The molecule has 6 heteroatoms. The molecule has 132 valence electrons. The van der Waals surface area contributed by atoms with E-state index in [0.717, 1.165) is 56.8 Å². The summed E-state index contributed by atoms with van der Waals surface area (Å²) in [5.74, 6) is 2.33. The van der Waals surface area contributed by atoms with Crippen LogP contribution in [0.1, 0.15) is 50.1 Å². The van der Waals surface area contributed by atoms with Crippen molar-refractivity contribution in [2.24, 2.45) is 5.92 Å². The summed E-state index contributed by atoms with van der Waals surface area (Å²) in [5, 5.41) is 4.72. The van der Waals surface area contributed by atoms with Crippen molar-refractivity contribution >= 4 is 17.2 Å². The van der Waals surface area contributed by atoms with Gasteiger partial charge in [-0.3, -0.25) is 4.79 Å². The van der Waals surface area contributed by atoms with Crippen molar-refractivity contribution in [3.63, 3.8) is 0 Å². The first kappa shape index (κ1) is 15.2. The molecule has 2 aromatic heterocycles. The average molecular weight is 339 g/mol. The maximum absolute atomic E-state index is 12.6. The molecule has 0 bridgehead atoms. The van der Waals surface area contributed by atoms with Crippen LogP contribution in [0.15, 0.2) is 18.5 Å². The zero-order valence-electron chi connectivity index (χ0n) is 14.6. The molecule has 2 aromatic rings. The summed E-state index contributed by atoms with van der Waals surface area (Å²) in [5.41, 5.74) is 2.30. The molecule has 1 aliphatic heterocycles. The Morgan fingerprint density at radius 1 is 1.04 bits per heavy atom. The zero-order chi connectivity index (χ0) is 16.8. The lowest BCUT2D eigenvalue weighted by Gasteiger charge is -2.31. The van der Waals surface area contributed by atoms with Crippen molar-refractivity contribution in [2.75, 3.05) is 31.1 Å². The van der Waals surface area contributed by atoms with Crippen LogP contribution in [0.25, 0.3) is 5.52 Å². The van der Waals surface area contributed by atoms with Gasteiger partial charge in [0, 0.05) is 50.4 Å². The minimum absolute atomic E-state index is 0.295. The smallest absolute Gasteiger partial charge is 0.225 e. The van der Waals surface area contributed by atoms with Crippen LogP contribution in [0.5, 0.6) is 0 Å². The monoisotopic (exact) mass is 339 g/mol. The summed E-state index contributed by atoms with van der Waals surface area (Å²) in [7, 11) is 0. The van der Waals surface area contributed by atoms with E-state index in [1.807, 2.05) is 16.9 Å². The highest BCUT2D eigenvalue weighted by atomic mass is 16.2. The van der Waals surface area contributed by atoms with Crippen LogP contribution < -0.4 is 4.90 Å². The molecule has 3 fully saturated rings. The quantitative estimate of drug-likeness (QED) is 0.862. The topological polar surface area (TPSA) is 53.7 Å². The summed E-state index contributed by atoms with van der Waals surface area (Å²) < 4.78 is 1.97. The lowest BCUT2D eigenvalue weighted by atomic mass is 9.84. The second-order valence-electron chi connectivity index (χ2n) is 7.72. The highest BCUT2D eigenvalue weighted by molar-refractivity contribution is 5.79. The number of hydrogen-bond acceptors (Lipinski definition) is 4. The molecule has 1 amide bonds. The Morgan fingerprint density at radius 3 is 2.68 bits per heavy atom. The Bertz CT molecular complexity index is 792. The summed E-state index contributed by atoms with van der Waals surface area (Å²) in [6.45, 7) is 3.49. The molecule has 6 nitrogen and oxygen atoms in total. The van der Waals surface area contributed by atoms with E-state index < -0.39 is 0 Å². The van der Waals surface area contributed by atoms with Crippen LogP contribution in [-0.2, 0) is 4.79 Å². The molecular weight excluding hydrogens is 314 g/mol. The molecular formula is C19H25N5O. The van der Waals surface area contributed by atoms with E-state index in [1.165, 1.54) is 25.0 Å². The lowest BCUT2D eigenvalue weighted by Crippen LogP contribution is -2.41. The Labute approximate surface area is 147 Å². The predicted octanol–water partition coefficient (Wildman–Crippen LogP) is 2.45. The Hall–Kier alpha value is -2.11. The number of aromatic nitrogens is 3. The third-order valence-corrected chi connectivity index (χ3v) is 5.95. The highest BCUT2D eigenvalue weighted by Crippen LogP contribution is 2.40. The van der Waals surface area contributed by atoms with Crippen LogP contribution in [-0.4, -0.2) is 51.6 Å². The fourth-order valence-electron chi connectivity index (χ4n) is 4.01. The van der Waals surface area contributed by atoms with Crippen LogP contribution in [0.3, 0.4) is 0 Å². The number of carbonyl (C=O) groups excluding carboxylic acids is 1. The fourth-order valence-corrected chi connectivity index (χ4v) is 4.01. The second-order valence-corrected chi connectivity index (χ2v) is 7.72. The molecule has 0 spiro atoms. The van der Waals surface area contributed by atoms with E-state index in [-0.39, 0.29) is 0 Å². The molecule has 3 aliphatic rings. The largest absolute Gasteiger partial charge is 0.353 e. The molecule has 3 heterocycles. The van der Waals surface area contributed by atoms with Gasteiger partial charge < -0.3 is 9.80 Å². The third-order valence-electron chi connectivity index (χ3n) is 5.95. The number of carbonyl (C=O) groups is 1. The van der Waals surface area contributed by atoms with Gasteiger partial charge in [0.25, 0.3) is 0 Å². The molecule has 0 unspecified atom stereocenters. The SMILES string of the molecule is O=C(C1CCC1)N1CCCN(c2nccn3nc(C4CC4)cc23)CC1. The van der Waals surface area contributed by atoms with Gasteiger partial charge in [-0.1, -0.05) is 6.42 Å². The van der Waals surface area contributed by atoms with E-state index in [1.54, 1.807) is 0 Å². The van der Waals surface area contributed by atoms with Gasteiger partial charge in [-0.05, 0) is 38.2 Å². The van der Waals surface area contributed by atoms with Crippen LogP contribution in [0.4, 0.5) is 5.82 Å². The summed E-state index contributed by atoms with van der Waals surface area (Å²) in [6, 6.07) is 2.21. The van der Waals surface area contributed by atoms with Crippen molar-refractivity contribution in [1.82, 2.24) is 19.5 Å². The van der Waals surface area contributed by atoms with Crippen LogP contribution in [0.2, 0.25) is 0 Å². The second kappa shape index (κ2) is 6.00. The van der Waals surface area contributed by atoms with Gasteiger partial charge in [0.1, 0.15) is 5.52 Å². The average Bonchev–Trinajstić information content (AvgIpc) is 3.36. The highest BCUT2D eigenvalue weighted by Gasteiger charge is 2.31. The van der Waals surface area contributed by atoms with Crippen molar-refractivity contribution in [3.8, 4) is 0 Å².